The Morgan fingerprint density at radius 2 is 1.89 bits per heavy atom. The Balaban J connectivity index is 1.27. The summed E-state index contributed by atoms with van der Waals surface area (Å²) >= 11 is 6.42. The third-order valence-electron chi connectivity index (χ3n) is 12.7. The minimum absolute atomic E-state index is 0.225. The van der Waals surface area contributed by atoms with Crippen molar-refractivity contribution in [1.29, 1.82) is 0 Å². The average molecular weight is 783 g/mol. The molecule has 2 saturated heterocycles. The van der Waals surface area contributed by atoms with E-state index in [0.29, 0.717) is 42.9 Å². The molecule has 1 amide bonds. The van der Waals surface area contributed by atoms with Gasteiger partial charge in [0.1, 0.15) is 18.0 Å². The first-order valence-corrected chi connectivity index (χ1v) is 22.2. The van der Waals surface area contributed by atoms with Gasteiger partial charge < -0.3 is 19.1 Å². The lowest BCUT2D eigenvalue weighted by molar-refractivity contribution is -0.124. The molecule has 296 valence electrons. The molecule has 4 heterocycles. The molecule has 0 radical (unpaired) electrons. The molecule has 7 rings (SSSR count). The number of anilines is 1. The van der Waals surface area contributed by atoms with E-state index in [1.54, 1.807) is 13.0 Å². The van der Waals surface area contributed by atoms with E-state index in [4.69, 9.17) is 25.8 Å². The normalized spacial score (nSPS) is 31.7. The van der Waals surface area contributed by atoms with Gasteiger partial charge in [-0.2, -0.15) is 0 Å². The number of amides is 1. The minimum Gasteiger partial charge on any atom is -0.487 e. The van der Waals surface area contributed by atoms with Gasteiger partial charge in [-0.05, 0) is 111 Å². The lowest BCUT2D eigenvalue weighted by atomic mass is 9.63. The molecular weight excluding hydrogens is 724 g/mol. The Bertz CT molecular complexity index is 1770. The zero-order valence-electron chi connectivity index (χ0n) is 32.3. The highest BCUT2D eigenvalue weighted by Gasteiger charge is 2.49. The number of hydrogen-bond donors (Lipinski definition) is 1. The van der Waals surface area contributed by atoms with E-state index in [1.165, 1.54) is 5.56 Å². The van der Waals surface area contributed by atoms with Crippen LogP contribution in [-0.2, 0) is 32.5 Å². The number of nitrogens with one attached hydrogen (secondary N) is 1. The molecule has 1 aliphatic carbocycles. The molecule has 3 fully saturated rings. The zero-order chi connectivity index (χ0) is 37.9. The van der Waals surface area contributed by atoms with Crippen molar-refractivity contribution in [3.63, 3.8) is 0 Å². The Kier molecular flexibility index (Phi) is 12.6. The number of allylic oxidation sites excluding steroid dienone is 1. The molecule has 10 nitrogen and oxygen atoms in total. The Morgan fingerprint density at radius 3 is 2.70 bits per heavy atom. The smallest absolute Gasteiger partial charge is 0.264 e. The number of fused-ring (bicyclic) bond motifs is 4. The van der Waals surface area contributed by atoms with Crippen molar-refractivity contribution in [2.75, 3.05) is 70.5 Å². The Morgan fingerprint density at radius 1 is 1.02 bits per heavy atom. The highest BCUT2D eigenvalue weighted by atomic mass is 35.5. The van der Waals surface area contributed by atoms with Gasteiger partial charge in [-0.25, -0.2) is 13.1 Å². The van der Waals surface area contributed by atoms with Crippen LogP contribution in [0.1, 0.15) is 80.8 Å². The number of hydrogen-bond acceptors (Lipinski definition) is 9. The summed E-state index contributed by atoms with van der Waals surface area (Å²) in [7, 11) is -3.97. The molecule has 12 heteroatoms. The lowest BCUT2D eigenvalue weighted by Gasteiger charge is -2.53. The fourth-order valence-electron chi connectivity index (χ4n) is 9.14. The van der Waals surface area contributed by atoms with E-state index >= 15 is 0 Å². The molecule has 6 atom stereocenters. The second-order valence-electron chi connectivity index (χ2n) is 16.3. The van der Waals surface area contributed by atoms with Crippen molar-refractivity contribution in [2.45, 2.75) is 89.2 Å². The first kappa shape index (κ1) is 39.6. The molecule has 0 spiro atoms. The summed E-state index contributed by atoms with van der Waals surface area (Å²) in [6.45, 7) is 14.7. The number of nitrogens with zero attached hydrogens (tertiary/aromatic N) is 3. The summed E-state index contributed by atoms with van der Waals surface area (Å²) in [5.41, 5.74) is 2.88. The molecular formula is C42H59ClN4O6S. The van der Waals surface area contributed by atoms with Gasteiger partial charge >= 0.3 is 0 Å². The van der Waals surface area contributed by atoms with E-state index in [-0.39, 0.29) is 11.8 Å². The first-order chi connectivity index (χ1) is 26.0. The number of benzene rings is 2. The number of ether oxygens (including phenoxy) is 3. The van der Waals surface area contributed by atoms with Crippen molar-refractivity contribution in [2.24, 2.45) is 17.8 Å². The summed E-state index contributed by atoms with van der Waals surface area (Å²) < 4.78 is 49.4. The van der Waals surface area contributed by atoms with E-state index < -0.39 is 26.8 Å². The van der Waals surface area contributed by atoms with Gasteiger partial charge in [-0.1, -0.05) is 43.7 Å². The van der Waals surface area contributed by atoms with Crippen molar-refractivity contribution < 1.29 is 27.4 Å². The van der Waals surface area contributed by atoms with Gasteiger partial charge in [0.25, 0.3) is 5.91 Å². The van der Waals surface area contributed by atoms with Crippen LogP contribution in [0, 0.1) is 17.8 Å². The van der Waals surface area contributed by atoms with E-state index in [9.17, 15) is 13.2 Å². The number of carbonyl (C=O) groups is 1. The maximum atomic E-state index is 13.7. The number of halogens is 1. The number of piperazine rings is 1. The van der Waals surface area contributed by atoms with Crippen molar-refractivity contribution in [3.05, 3.63) is 70.3 Å². The third-order valence-corrected chi connectivity index (χ3v) is 14.9. The molecule has 5 aliphatic rings. The van der Waals surface area contributed by atoms with Crippen LogP contribution in [0.3, 0.4) is 0 Å². The maximum Gasteiger partial charge on any atom is 0.264 e. The summed E-state index contributed by atoms with van der Waals surface area (Å²) in [6, 6.07) is 11.7. The zero-order valence-corrected chi connectivity index (χ0v) is 33.9. The summed E-state index contributed by atoms with van der Waals surface area (Å²) in [5.74, 6) is 0.452. The van der Waals surface area contributed by atoms with Gasteiger partial charge in [0, 0.05) is 69.0 Å². The summed E-state index contributed by atoms with van der Waals surface area (Å²) in [4.78, 5) is 21.2. The van der Waals surface area contributed by atoms with Gasteiger partial charge in [-0.15, -0.1) is 0 Å². The monoisotopic (exact) mass is 782 g/mol. The molecule has 2 aromatic carbocycles. The van der Waals surface area contributed by atoms with Crippen LogP contribution in [0.2, 0.25) is 5.02 Å². The predicted molar refractivity (Wildman–Crippen MR) is 214 cm³/mol. The van der Waals surface area contributed by atoms with E-state index in [0.717, 1.165) is 114 Å². The van der Waals surface area contributed by atoms with Gasteiger partial charge in [0.05, 0.1) is 24.2 Å². The first-order valence-electron chi connectivity index (χ1n) is 20.3. The van der Waals surface area contributed by atoms with Crippen molar-refractivity contribution in [3.8, 4) is 5.75 Å². The highest BCUT2D eigenvalue weighted by Crippen LogP contribution is 2.47. The predicted octanol–water partition coefficient (Wildman–Crippen LogP) is 6.31. The standard InChI is InChI=1S/C42H59ClN4O6S/c1-4-21-53-42(29-45-18-19-46-20-22-51-28-37(46)26-45)16-7-8-30(2)31(3)54(49,50)44-41(48)33-12-15-40-39(24-33)47(25-34-11-14-38(34)42)17-6-5-9-32-23-36(43)13-10-35(32)27-52-40/h7,10,12-13,15-16,23-24,30-31,34,37-38H,4-6,8-9,11,14,17-22,25-29H2,1-3H3,(H,44,48)/b16-7+/t30-,31+,34-,37-,38+,42-/m0/s1. The van der Waals surface area contributed by atoms with Crippen LogP contribution >= 0.6 is 11.6 Å². The molecule has 4 aliphatic heterocycles. The third kappa shape index (κ3) is 8.82. The maximum absolute atomic E-state index is 13.7. The van der Waals surface area contributed by atoms with Crippen LogP contribution in [0.5, 0.6) is 5.75 Å². The number of aryl methyl sites for hydroxylation is 1. The fourth-order valence-corrected chi connectivity index (χ4v) is 10.6. The molecule has 0 aromatic heterocycles. The van der Waals surface area contributed by atoms with Gasteiger partial charge in [-0.3, -0.25) is 14.6 Å². The highest BCUT2D eigenvalue weighted by molar-refractivity contribution is 7.90. The van der Waals surface area contributed by atoms with Crippen molar-refractivity contribution in [1.82, 2.24) is 14.5 Å². The Hall–Kier alpha value is -2.67. The lowest BCUT2D eigenvalue weighted by Crippen LogP contribution is -2.62. The second-order valence-corrected chi connectivity index (χ2v) is 18.8. The molecule has 2 bridgehead atoms. The molecule has 2 aromatic rings. The number of carbonyl (C=O) groups excluding carboxylic acids is 1. The van der Waals surface area contributed by atoms with Gasteiger partial charge in [0.2, 0.25) is 10.0 Å². The molecule has 1 saturated carbocycles. The molecule has 1 N–H and O–H groups in total. The van der Waals surface area contributed by atoms with Crippen LogP contribution in [0.4, 0.5) is 5.69 Å². The fraction of sp³-hybridized carbons (Fsp3) is 0.643. The molecule has 0 unspecified atom stereocenters. The number of rotatable bonds is 5. The largest absolute Gasteiger partial charge is 0.487 e. The molecule has 54 heavy (non-hydrogen) atoms. The topological polar surface area (TPSA) is 101 Å². The summed E-state index contributed by atoms with van der Waals surface area (Å²) in [5, 5.41) is -0.0636. The summed E-state index contributed by atoms with van der Waals surface area (Å²) in [6.07, 6.45) is 10.9. The van der Waals surface area contributed by atoms with E-state index in [1.807, 2.05) is 37.3 Å². The second kappa shape index (κ2) is 17.2. The van der Waals surface area contributed by atoms with Gasteiger partial charge in [0.15, 0.2) is 0 Å². The van der Waals surface area contributed by atoms with E-state index in [2.05, 4.69) is 38.5 Å². The number of sulfonamides is 1. The van der Waals surface area contributed by atoms with Crippen molar-refractivity contribution >= 4 is 33.2 Å². The Labute approximate surface area is 327 Å². The number of morpholine rings is 1. The van der Waals surface area contributed by atoms with Crippen LogP contribution in [0.25, 0.3) is 0 Å². The quantitative estimate of drug-likeness (QED) is 0.350. The van der Waals surface area contributed by atoms with Crippen LogP contribution in [-0.4, -0.2) is 107 Å². The average Bonchev–Trinajstić information content (AvgIpc) is 3.17. The van der Waals surface area contributed by atoms with Crippen LogP contribution < -0.4 is 14.4 Å². The SMILES string of the molecule is CCCO[C@]1(CN2CCN3CCOC[C@@H]3C2)/C=C/C[C@H](C)[C@@H](C)S(=O)(=O)NC(=O)c2ccc3c(c2)N(CCCCc2cc(Cl)ccc2CO3)C[C@@H]2CC[C@H]21. The van der Waals surface area contributed by atoms with Crippen LogP contribution in [0.15, 0.2) is 48.6 Å². The minimum atomic E-state index is -3.97.